The molecule has 1 aliphatic carbocycles. The molecule has 1 N–H and O–H groups in total. The Hall–Kier alpha value is -1.40. The molecule has 2 amide bonds. The number of amides is 2. The molecular weight excluding hydrogens is 499 g/mol. The molecule has 2 aromatic carbocycles. The van der Waals surface area contributed by atoms with Crippen molar-refractivity contribution in [1.29, 1.82) is 0 Å². The summed E-state index contributed by atoms with van der Waals surface area (Å²) in [7, 11) is 0. The molecule has 0 spiro atoms. The summed E-state index contributed by atoms with van der Waals surface area (Å²) in [5.74, 6) is 0.470. The van der Waals surface area contributed by atoms with Crippen LogP contribution in [-0.2, 0) is 16.1 Å². The fourth-order valence-electron chi connectivity index (χ4n) is 4.05. The van der Waals surface area contributed by atoms with Gasteiger partial charge >= 0.3 is 0 Å². The number of thioether (sulfide) groups is 1. The zero-order chi connectivity index (χ0) is 23.8. The highest BCUT2D eigenvalue weighted by atomic mass is 35.5. The summed E-state index contributed by atoms with van der Waals surface area (Å²) in [6.45, 7) is 2.24. The molecule has 0 aromatic heterocycles. The van der Waals surface area contributed by atoms with E-state index in [1.165, 1.54) is 0 Å². The van der Waals surface area contributed by atoms with Crippen molar-refractivity contribution in [3.05, 3.63) is 63.1 Å². The Kier molecular flexibility index (Phi) is 10.2. The second kappa shape index (κ2) is 12.9. The molecule has 1 atom stereocenters. The molecule has 0 radical (unpaired) electrons. The normalized spacial score (nSPS) is 14.8. The van der Waals surface area contributed by atoms with Crippen LogP contribution in [0.25, 0.3) is 0 Å². The number of rotatable bonds is 10. The topological polar surface area (TPSA) is 49.4 Å². The van der Waals surface area contributed by atoms with Crippen LogP contribution in [-0.4, -0.2) is 34.6 Å². The Balaban J connectivity index is 1.71. The van der Waals surface area contributed by atoms with Gasteiger partial charge in [0, 0.05) is 34.7 Å². The van der Waals surface area contributed by atoms with Crippen LogP contribution in [0, 0.1) is 0 Å². The molecule has 2 aromatic rings. The summed E-state index contributed by atoms with van der Waals surface area (Å²) in [6, 6.07) is 12.5. The minimum atomic E-state index is -0.534. The number of hydrogen-bond donors (Lipinski definition) is 1. The highest BCUT2D eigenvalue weighted by Crippen LogP contribution is 2.26. The van der Waals surface area contributed by atoms with E-state index in [4.69, 9.17) is 34.8 Å². The Morgan fingerprint density at radius 3 is 2.39 bits per heavy atom. The van der Waals surface area contributed by atoms with Crippen LogP contribution < -0.4 is 5.32 Å². The second-order valence-corrected chi connectivity index (χ2v) is 10.7. The van der Waals surface area contributed by atoms with E-state index in [0.717, 1.165) is 36.1 Å². The molecule has 0 bridgehead atoms. The summed E-state index contributed by atoms with van der Waals surface area (Å²) in [4.78, 5) is 29.2. The standard InChI is InChI=1S/C25H29Cl3N2O2S/c1-2-23(25(32)29-19-5-3-4-6-19)30(16-17-7-12-21(27)22(28)15-17)24(31)13-14-33-20-10-8-18(26)9-11-20/h7-12,15,19,23H,2-6,13-14,16H2,1H3,(H,29,32). The number of benzene rings is 2. The van der Waals surface area contributed by atoms with E-state index < -0.39 is 6.04 Å². The van der Waals surface area contributed by atoms with Crippen molar-refractivity contribution in [2.24, 2.45) is 0 Å². The number of nitrogens with zero attached hydrogens (tertiary/aromatic N) is 1. The van der Waals surface area contributed by atoms with Crippen LogP contribution in [0.1, 0.15) is 51.0 Å². The van der Waals surface area contributed by atoms with Crippen LogP contribution in [0.3, 0.4) is 0 Å². The minimum absolute atomic E-state index is 0.0593. The summed E-state index contributed by atoms with van der Waals surface area (Å²) in [5, 5.41) is 4.74. The molecule has 33 heavy (non-hydrogen) atoms. The molecule has 0 heterocycles. The van der Waals surface area contributed by atoms with E-state index in [1.54, 1.807) is 28.8 Å². The van der Waals surface area contributed by atoms with Gasteiger partial charge in [-0.25, -0.2) is 0 Å². The number of carbonyl (C=O) groups excluding carboxylic acids is 2. The number of carbonyl (C=O) groups is 2. The van der Waals surface area contributed by atoms with Crippen molar-refractivity contribution in [3.63, 3.8) is 0 Å². The molecular formula is C25H29Cl3N2O2S. The number of nitrogens with one attached hydrogen (secondary N) is 1. The monoisotopic (exact) mass is 526 g/mol. The molecule has 4 nitrogen and oxygen atoms in total. The van der Waals surface area contributed by atoms with Gasteiger partial charge in [-0.1, -0.05) is 60.6 Å². The summed E-state index contributed by atoms with van der Waals surface area (Å²) in [5.41, 5.74) is 0.843. The molecule has 8 heteroatoms. The third kappa shape index (κ3) is 7.81. The third-order valence-corrected chi connectivity index (χ3v) is 7.83. The maximum Gasteiger partial charge on any atom is 0.243 e. The molecule has 178 valence electrons. The Morgan fingerprint density at radius 1 is 1.06 bits per heavy atom. The molecule has 0 saturated heterocycles. The van der Waals surface area contributed by atoms with Crippen molar-refractivity contribution in [3.8, 4) is 0 Å². The van der Waals surface area contributed by atoms with Crippen LogP contribution in [0.15, 0.2) is 47.4 Å². The lowest BCUT2D eigenvalue weighted by Gasteiger charge is -2.31. The van der Waals surface area contributed by atoms with E-state index in [9.17, 15) is 9.59 Å². The van der Waals surface area contributed by atoms with E-state index in [0.29, 0.717) is 40.2 Å². The highest BCUT2D eigenvalue weighted by Gasteiger charge is 2.30. The van der Waals surface area contributed by atoms with Crippen molar-refractivity contribution in [2.45, 2.75) is 69.0 Å². The third-order valence-electron chi connectivity index (χ3n) is 5.82. The second-order valence-electron chi connectivity index (χ2n) is 8.24. The predicted octanol–water partition coefficient (Wildman–Crippen LogP) is 7.00. The lowest BCUT2D eigenvalue weighted by atomic mass is 10.1. The Labute approximate surface area is 215 Å². The molecule has 1 aliphatic rings. The fraction of sp³-hybridized carbons (Fsp3) is 0.440. The van der Waals surface area contributed by atoms with Gasteiger partial charge in [0.1, 0.15) is 6.04 Å². The van der Waals surface area contributed by atoms with Gasteiger partial charge in [0.15, 0.2) is 0 Å². The van der Waals surface area contributed by atoms with E-state index in [2.05, 4.69) is 5.32 Å². The summed E-state index contributed by atoms with van der Waals surface area (Å²) >= 11 is 19.8. The van der Waals surface area contributed by atoms with E-state index >= 15 is 0 Å². The average molecular weight is 528 g/mol. The average Bonchev–Trinajstić information content (AvgIpc) is 3.30. The molecule has 0 aliphatic heterocycles. The minimum Gasteiger partial charge on any atom is -0.352 e. The van der Waals surface area contributed by atoms with Crippen molar-refractivity contribution >= 4 is 58.4 Å². The van der Waals surface area contributed by atoms with Crippen molar-refractivity contribution in [1.82, 2.24) is 10.2 Å². The van der Waals surface area contributed by atoms with Gasteiger partial charge in [0.05, 0.1) is 10.0 Å². The van der Waals surface area contributed by atoms with Crippen LogP contribution in [0.5, 0.6) is 0 Å². The zero-order valence-corrected chi connectivity index (χ0v) is 21.7. The highest BCUT2D eigenvalue weighted by molar-refractivity contribution is 7.99. The molecule has 1 fully saturated rings. The van der Waals surface area contributed by atoms with Gasteiger partial charge in [-0.05, 0) is 61.2 Å². The molecule has 3 rings (SSSR count). The number of hydrogen-bond acceptors (Lipinski definition) is 3. The van der Waals surface area contributed by atoms with Gasteiger partial charge in [-0.2, -0.15) is 0 Å². The first kappa shape index (κ1) is 26.2. The van der Waals surface area contributed by atoms with Gasteiger partial charge in [-0.15, -0.1) is 11.8 Å². The first-order valence-electron chi connectivity index (χ1n) is 11.3. The van der Waals surface area contributed by atoms with Crippen LogP contribution in [0.2, 0.25) is 15.1 Å². The first-order chi connectivity index (χ1) is 15.9. The number of halogens is 3. The van der Waals surface area contributed by atoms with Crippen molar-refractivity contribution in [2.75, 3.05) is 5.75 Å². The molecule has 1 saturated carbocycles. The van der Waals surface area contributed by atoms with Crippen LogP contribution >= 0.6 is 46.6 Å². The molecule has 1 unspecified atom stereocenters. The van der Waals surface area contributed by atoms with Crippen LogP contribution in [0.4, 0.5) is 0 Å². The Morgan fingerprint density at radius 2 is 1.76 bits per heavy atom. The van der Waals surface area contributed by atoms with E-state index in [1.807, 2.05) is 37.3 Å². The van der Waals surface area contributed by atoms with Gasteiger partial charge < -0.3 is 10.2 Å². The SMILES string of the molecule is CCC(C(=O)NC1CCCC1)N(Cc1ccc(Cl)c(Cl)c1)C(=O)CCSc1ccc(Cl)cc1. The lowest BCUT2D eigenvalue weighted by molar-refractivity contribution is -0.141. The Bertz CT molecular complexity index is 949. The maximum absolute atomic E-state index is 13.3. The largest absolute Gasteiger partial charge is 0.352 e. The summed E-state index contributed by atoms with van der Waals surface area (Å²) in [6.07, 6.45) is 5.13. The van der Waals surface area contributed by atoms with Gasteiger partial charge in [0.25, 0.3) is 0 Å². The van der Waals surface area contributed by atoms with Gasteiger partial charge in [-0.3, -0.25) is 9.59 Å². The lowest BCUT2D eigenvalue weighted by Crippen LogP contribution is -2.51. The smallest absolute Gasteiger partial charge is 0.243 e. The van der Waals surface area contributed by atoms with Gasteiger partial charge in [0.2, 0.25) is 11.8 Å². The maximum atomic E-state index is 13.3. The predicted molar refractivity (Wildman–Crippen MR) is 138 cm³/mol. The fourth-order valence-corrected chi connectivity index (χ4v) is 5.34. The first-order valence-corrected chi connectivity index (χ1v) is 13.4. The van der Waals surface area contributed by atoms with E-state index in [-0.39, 0.29) is 17.9 Å². The zero-order valence-electron chi connectivity index (χ0n) is 18.7. The quantitative estimate of drug-likeness (QED) is 0.339. The van der Waals surface area contributed by atoms with Crippen molar-refractivity contribution < 1.29 is 9.59 Å². The summed E-state index contributed by atoms with van der Waals surface area (Å²) < 4.78 is 0.